The van der Waals surface area contributed by atoms with Gasteiger partial charge in [0, 0.05) is 6.20 Å². The highest BCUT2D eigenvalue weighted by Crippen LogP contribution is 2.27. The number of hydrogen-bond donors (Lipinski definition) is 1. The number of nitrogens with one attached hydrogen (secondary N) is 1. The summed E-state index contributed by atoms with van der Waals surface area (Å²) in [6, 6.07) is 6.50. The minimum Gasteiger partial charge on any atom is -0.306 e. The normalized spacial score (nSPS) is 18.3. The van der Waals surface area contributed by atoms with Crippen molar-refractivity contribution in [2.75, 3.05) is 6.54 Å². The van der Waals surface area contributed by atoms with Crippen molar-refractivity contribution in [1.29, 1.82) is 0 Å². The zero-order valence-corrected chi connectivity index (χ0v) is 10.7. The fourth-order valence-corrected chi connectivity index (χ4v) is 2.48. The van der Waals surface area contributed by atoms with Crippen molar-refractivity contribution in [2.24, 2.45) is 0 Å². The molecule has 0 aromatic carbocycles. The van der Waals surface area contributed by atoms with E-state index in [1.165, 1.54) is 37.7 Å². The fourth-order valence-electron chi connectivity index (χ4n) is 2.48. The predicted octanol–water partition coefficient (Wildman–Crippen LogP) is 3.62. The Morgan fingerprint density at radius 1 is 1.29 bits per heavy atom. The van der Waals surface area contributed by atoms with Gasteiger partial charge in [0.2, 0.25) is 0 Å². The molecule has 92 valence electrons. The predicted molar refractivity (Wildman–Crippen MR) is 71.8 cm³/mol. The Balaban J connectivity index is 2.19. The highest BCUT2D eigenvalue weighted by atomic mass is 14.9. The van der Waals surface area contributed by atoms with Crippen LogP contribution < -0.4 is 5.32 Å². The molecule has 1 aliphatic rings. The summed E-state index contributed by atoms with van der Waals surface area (Å²) in [5.41, 5.74) is 2.69. The molecule has 1 heterocycles. The lowest BCUT2D eigenvalue weighted by Crippen LogP contribution is -2.23. The summed E-state index contributed by atoms with van der Waals surface area (Å²) in [5.74, 6) is 0. The molecule has 1 aromatic heterocycles. The third kappa shape index (κ3) is 3.40. The Bertz CT molecular complexity index is 356. The molecule has 1 aliphatic carbocycles. The molecule has 0 radical (unpaired) electrons. The Hall–Kier alpha value is -1.15. The number of aromatic nitrogens is 1. The molecule has 1 unspecified atom stereocenters. The van der Waals surface area contributed by atoms with Gasteiger partial charge in [0.05, 0.1) is 11.7 Å². The summed E-state index contributed by atoms with van der Waals surface area (Å²) in [4.78, 5) is 4.50. The maximum Gasteiger partial charge on any atom is 0.0710 e. The van der Waals surface area contributed by atoms with Crippen LogP contribution in [0.1, 0.15) is 50.8 Å². The van der Waals surface area contributed by atoms with Gasteiger partial charge in [0.15, 0.2) is 0 Å². The maximum atomic E-state index is 4.50. The molecule has 2 heteroatoms. The van der Waals surface area contributed by atoms with Crippen LogP contribution in [0.3, 0.4) is 0 Å². The molecule has 17 heavy (non-hydrogen) atoms. The SMILES string of the molecule is CCNC(C1=CCCCCC1)c1ccccn1. The first-order valence-electron chi connectivity index (χ1n) is 6.75. The zero-order valence-electron chi connectivity index (χ0n) is 10.7. The third-order valence-corrected chi connectivity index (χ3v) is 3.34. The van der Waals surface area contributed by atoms with Gasteiger partial charge in [-0.05, 0) is 44.4 Å². The summed E-state index contributed by atoms with van der Waals surface area (Å²) in [7, 11) is 0. The molecule has 2 nitrogen and oxygen atoms in total. The standard InChI is InChI=1S/C15H22N2/c1-2-16-15(14-11-7-8-12-17-14)13-9-5-3-4-6-10-13/h7-9,11-12,15-16H,2-6,10H2,1H3. The van der Waals surface area contributed by atoms with Crippen molar-refractivity contribution in [3.05, 3.63) is 41.7 Å². The van der Waals surface area contributed by atoms with Crippen molar-refractivity contribution >= 4 is 0 Å². The van der Waals surface area contributed by atoms with Crippen molar-refractivity contribution in [1.82, 2.24) is 10.3 Å². The fraction of sp³-hybridized carbons (Fsp3) is 0.533. The van der Waals surface area contributed by atoms with Crippen LogP contribution in [0.5, 0.6) is 0 Å². The van der Waals surface area contributed by atoms with Crippen LogP contribution in [0.15, 0.2) is 36.0 Å². The van der Waals surface area contributed by atoms with Crippen LogP contribution in [0.2, 0.25) is 0 Å². The molecule has 1 atom stereocenters. The number of nitrogens with zero attached hydrogens (tertiary/aromatic N) is 1. The van der Waals surface area contributed by atoms with Crippen molar-refractivity contribution in [3.8, 4) is 0 Å². The van der Waals surface area contributed by atoms with Crippen LogP contribution in [0.4, 0.5) is 0 Å². The lowest BCUT2D eigenvalue weighted by molar-refractivity contribution is 0.577. The van der Waals surface area contributed by atoms with Gasteiger partial charge in [0.25, 0.3) is 0 Å². The Morgan fingerprint density at radius 3 is 3.00 bits per heavy atom. The van der Waals surface area contributed by atoms with Gasteiger partial charge >= 0.3 is 0 Å². The number of pyridine rings is 1. The average Bonchev–Trinajstić information content (AvgIpc) is 2.66. The summed E-state index contributed by atoms with van der Waals surface area (Å²) < 4.78 is 0. The average molecular weight is 230 g/mol. The minimum atomic E-state index is 0.319. The van der Waals surface area contributed by atoms with Gasteiger partial charge in [-0.15, -0.1) is 0 Å². The molecule has 1 N–H and O–H groups in total. The Kier molecular flexibility index (Phi) is 4.75. The van der Waals surface area contributed by atoms with E-state index >= 15 is 0 Å². The van der Waals surface area contributed by atoms with Gasteiger partial charge < -0.3 is 5.32 Å². The summed E-state index contributed by atoms with van der Waals surface area (Å²) in [5, 5.41) is 3.57. The summed E-state index contributed by atoms with van der Waals surface area (Å²) in [6.07, 6.45) is 10.8. The maximum absolute atomic E-state index is 4.50. The first-order valence-corrected chi connectivity index (χ1v) is 6.75. The smallest absolute Gasteiger partial charge is 0.0710 e. The van der Waals surface area contributed by atoms with Gasteiger partial charge in [0.1, 0.15) is 0 Å². The molecule has 0 spiro atoms. The molecule has 0 fully saturated rings. The quantitative estimate of drug-likeness (QED) is 0.799. The lowest BCUT2D eigenvalue weighted by atomic mass is 9.98. The topological polar surface area (TPSA) is 24.9 Å². The molecule has 0 amide bonds. The molecule has 0 bridgehead atoms. The molecule has 0 aliphatic heterocycles. The highest BCUT2D eigenvalue weighted by molar-refractivity contribution is 5.23. The third-order valence-electron chi connectivity index (χ3n) is 3.34. The zero-order chi connectivity index (χ0) is 11.9. The van der Waals surface area contributed by atoms with Crippen LogP contribution in [0.25, 0.3) is 0 Å². The van der Waals surface area contributed by atoms with Gasteiger partial charge in [-0.3, -0.25) is 4.98 Å². The second-order valence-electron chi connectivity index (χ2n) is 4.62. The van der Waals surface area contributed by atoms with E-state index in [2.05, 4.69) is 35.4 Å². The molecule has 1 aromatic rings. The molecule has 0 saturated heterocycles. The van der Waals surface area contributed by atoms with E-state index in [1.807, 2.05) is 12.3 Å². The second-order valence-corrected chi connectivity index (χ2v) is 4.62. The molecule has 0 saturated carbocycles. The van der Waals surface area contributed by atoms with E-state index in [0.29, 0.717) is 6.04 Å². The van der Waals surface area contributed by atoms with E-state index < -0.39 is 0 Å². The Morgan fingerprint density at radius 2 is 2.24 bits per heavy atom. The van der Waals surface area contributed by atoms with E-state index in [9.17, 15) is 0 Å². The second kappa shape index (κ2) is 6.55. The van der Waals surface area contributed by atoms with Gasteiger partial charge in [-0.25, -0.2) is 0 Å². The van der Waals surface area contributed by atoms with Crippen LogP contribution in [-0.2, 0) is 0 Å². The Labute approximate surface area is 104 Å². The van der Waals surface area contributed by atoms with Gasteiger partial charge in [-0.1, -0.05) is 31.1 Å². The van der Waals surface area contributed by atoms with Crippen molar-refractivity contribution in [3.63, 3.8) is 0 Å². The van der Waals surface area contributed by atoms with Crippen molar-refractivity contribution in [2.45, 2.75) is 45.1 Å². The summed E-state index contributed by atoms with van der Waals surface area (Å²) >= 11 is 0. The van der Waals surface area contributed by atoms with E-state index in [0.717, 1.165) is 12.2 Å². The van der Waals surface area contributed by atoms with E-state index in [-0.39, 0.29) is 0 Å². The number of allylic oxidation sites excluding steroid dienone is 1. The van der Waals surface area contributed by atoms with Crippen molar-refractivity contribution < 1.29 is 0 Å². The minimum absolute atomic E-state index is 0.319. The summed E-state index contributed by atoms with van der Waals surface area (Å²) in [6.45, 7) is 3.14. The molecule has 2 rings (SSSR count). The van der Waals surface area contributed by atoms with E-state index in [1.54, 1.807) is 0 Å². The number of hydrogen-bond acceptors (Lipinski definition) is 2. The van der Waals surface area contributed by atoms with Crippen LogP contribution >= 0.6 is 0 Å². The van der Waals surface area contributed by atoms with Crippen LogP contribution in [-0.4, -0.2) is 11.5 Å². The number of likely N-dealkylation sites (N-methyl/N-ethyl adjacent to an activating group) is 1. The molecular formula is C15H22N2. The van der Waals surface area contributed by atoms with Gasteiger partial charge in [-0.2, -0.15) is 0 Å². The first kappa shape index (κ1) is 12.3. The molecular weight excluding hydrogens is 208 g/mol. The lowest BCUT2D eigenvalue weighted by Gasteiger charge is -2.20. The van der Waals surface area contributed by atoms with Crippen LogP contribution in [0, 0.1) is 0 Å². The first-order chi connectivity index (χ1) is 8.42. The largest absolute Gasteiger partial charge is 0.306 e. The monoisotopic (exact) mass is 230 g/mol. The van der Waals surface area contributed by atoms with E-state index in [4.69, 9.17) is 0 Å². The highest BCUT2D eigenvalue weighted by Gasteiger charge is 2.17. The number of rotatable bonds is 4.